The average Bonchev–Trinajstić information content (AvgIpc) is 2.70. The Morgan fingerprint density at radius 1 is 1.05 bits per heavy atom. The highest BCUT2D eigenvalue weighted by atomic mass is 16.2. The van der Waals surface area contributed by atoms with Crippen LogP contribution in [0.5, 0.6) is 0 Å². The van der Waals surface area contributed by atoms with Gasteiger partial charge in [0.2, 0.25) is 11.8 Å². The summed E-state index contributed by atoms with van der Waals surface area (Å²) in [5.41, 5.74) is 0. The van der Waals surface area contributed by atoms with Crippen LogP contribution < -0.4 is 5.32 Å². The van der Waals surface area contributed by atoms with Crippen LogP contribution >= 0.6 is 0 Å². The lowest BCUT2D eigenvalue weighted by atomic mass is 10.0. The van der Waals surface area contributed by atoms with Crippen LogP contribution in [0.4, 0.5) is 0 Å². The second kappa shape index (κ2) is 9.76. The molecule has 3 nitrogen and oxygen atoms in total. The Morgan fingerprint density at radius 2 is 1.74 bits per heavy atom. The summed E-state index contributed by atoms with van der Waals surface area (Å²) in [4.78, 5) is 22.3. The topological polar surface area (TPSA) is 46.2 Å². The van der Waals surface area contributed by atoms with Crippen LogP contribution in [-0.2, 0) is 9.59 Å². The summed E-state index contributed by atoms with van der Waals surface area (Å²) in [6.45, 7) is 2.24. The van der Waals surface area contributed by atoms with Crippen LogP contribution in [0, 0.1) is 5.92 Å². The van der Waals surface area contributed by atoms with Gasteiger partial charge in [0.25, 0.3) is 0 Å². The molecule has 3 heteroatoms. The predicted molar refractivity (Wildman–Crippen MR) is 77.6 cm³/mol. The number of amides is 2. The van der Waals surface area contributed by atoms with E-state index in [1.807, 2.05) is 0 Å². The SMILES string of the molecule is CCCCCCCCC/C=C/CC1CC(=O)NC1=O. The van der Waals surface area contributed by atoms with E-state index in [0.717, 1.165) is 6.42 Å². The largest absolute Gasteiger partial charge is 0.296 e. The van der Waals surface area contributed by atoms with Crippen LogP contribution in [0.1, 0.15) is 71.1 Å². The lowest BCUT2D eigenvalue weighted by Gasteiger charge is -2.00. The summed E-state index contributed by atoms with van der Waals surface area (Å²) in [6, 6.07) is 0. The molecule has 0 aromatic carbocycles. The molecular formula is C16H27NO2. The summed E-state index contributed by atoms with van der Waals surface area (Å²) < 4.78 is 0. The Bertz CT molecular complexity index is 310. The van der Waals surface area contributed by atoms with Crippen molar-refractivity contribution in [2.75, 3.05) is 0 Å². The van der Waals surface area contributed by atoms with Crippen LogP contribution in [-0.4, -0.2) is 11.8 Å². The second-order valence-electron chi connectivity index (χ2n) is 5.43. The smallest absolute Gasteiger partial charge is 0.230 e. The first-order chi connectivity index (χ1) is 9.24. The van der Waals surface area contributed by atoms with E-state index in [0.29, 0.717) is 12.8 Å². The van der Waals surface area contributed by atoms with E-state index in [4.69, 9.17) is 0 Å². The average molecular weight is 265 g/mol. The lowest BCUT2D eigenvalue weighted by Crippen LogP contribution is -2.21. The minimum Gasteiger partial charge on any atom is -0.296 e. The van der Waals surface area contributed by atoms with Gasteiger partial charge in [0.15, 0.2) is 0 Å². The molecule has 0 saturated carbocycles. The number of hydrogen-bond donors (Lipinski definition) is 1. The molecule has 1 aliphatic rings. The summed E-state index contributed by atoms with van der Waals surface area (Å²) in [5.74, 6) is -0.362. The lowest BCUT2D eigenvalue weighted by molar-refractivity contribution is -0.125. The Morgan fingerprint density at radius 3 is 2.37 bits per heavy atom. The van der Waals surface area contributed by atoms with Crippen LogP contribution in [0.3, 0.4) is 0 Å². The normalized spacial score (nSPS) is 19.3. The van der Waals surface area contributed by atoms with Gasteiger partial charge in [-0.25, -0.2) is 0 Å². The zero-order valence-electron chi connectivity index (χ0n) is 12.1. The number of rotatable bonds is 10. The van der Waals surface area contributed by atoms with Gasteiger partial charge in [-0.2, -0.15) is 0 Å². The van der Waals surface area contributed by atoms with Crippen molar-refractivity contribution in [1.82, 2.24) is 5.32 Å². The third-order valence-corrected chi connectivity index (χ3v) is 3.63. The number of carbonyl (C=O) groups excluding carboxylic acids is 2. The van der Waals surface area contributed by atoms with Crippen LogP contribution in [0.25, 0.3) is 0 Å². The fourth-order valence-electron chi connectivity index (χ4n) is 2.40. The van der Waals surface area contributed by atoms with Crippen molar-refractivity contribution in [1.29, 1.82) is 0 Å². The molecule has 1 heterocycles. The molecule has 108 valence electrons. The van der Waals surface area contributed by atoms with E-state index in [1.165, 1.54) is 44.9 Å². The third-order valence-electron chi connectivity index (χ3n) is 3.63. The Kier molecular flexibility index (Phi) is 8.19. The molecule has 1 unspecified atom stereocenters. The molecule has 1 fully saturated rings. The number of imide groups is 1. The third kappa shape index (κ3) is 7.14. The highest BCUT2D eigenvalue weighted by Crippen LogP contribution is 2.16. The molecule has 2 amide bonds. The van der Waals surface area contributed by atoms with E-state index < -0.39 is 0 Å². The van der Waals surface area contributed by atoms with E-state index >= 15 is 0 Å². The van der Waals surface area contributed by atoms with Gasteiger partial charge >= 0.3 is 0 Å². The number of nitrogens with one attached hydrogen (secondary N) is 1. The fraction of sp³-hybridized carbons (Fsp3) is 0.750. The highest BCUT2D eigenvalue weighted by Gasteiger charge is 2.28. The van der Waals surface area contributed by atoms with Gasteiger partial charge in [-0.3, -0.25) is 14.9 Å². The first-order valence-electron chi connectivity index (χ1n) is 7.72. The van der Waals surface area contributed by atoms with Gasteiger partial charge < -0.3 is 0 Å². The molecule has 0 spiro atoms. The molecule has 1 saturated heterocycles. The number of unbranched alkanes of at least 4 members (excludes halogenated alkanes) is 7. The number of carbonyl (C=O) groups is 2. The molecule has 0 aromatic rings. The van der Waals surface area contributed by atoms with E-state index in [2.05, 4.69) is 24.4 Å². The van der Waals surface area contributed by atoms with Gasteiger partial charge in [0, 0.05) is 6.42 Å². The summed E-state index contributed by atoms with van der Waals surface area (Å²) in [6.07, 6.45) is 15.6. The van der Waals surface area contributed by atoms with Crippen molar-refractivity contribution in [2.45, 2.75) is 71.1 Å². The van der Waals surface area contributed by atoms with Crippen LogP contribution in [0.2, 0.25) is 0 Å². The van der Waals surface area contributed by atoms with Crippen molar-refractivity contribution in [3.8, 4) is 0 Å². The summed E-state index contributed by atoms with van der Waals surface area (Å²) in [5, 5.41) is 2.34. The van der Waals surface area contributed by atoms with Crippen molar-refractivity contribution in [3.05, 3.63) is 12.2 Å². The van der Waals surface area contributed by atoms with Crippen molar-refractivity contribution in [2.24, 2.45) is 5.92 Å². The fourth-order valence-corrected chi connectivity index (χ4v) is 2.40. The van der Waals surface area contributed by atoms with Gasteiger partial charge in [0.05, 0.1) is 5.92 Å². The van der Waals surface area contributed by atoms with Crippen LogP contribution in [0.15, 0.2) is 12.2 Å². The summed E-state index contributed by atoms with van der Waals surface area (Å²) >= 11 is 0. The minimum atomic E-state index is -0.129. The molecule has 1 aliphatic heterocycles. The summed E-state index contributed by atoms with van der Waals surface area (Å²) in [7, 11) is 0. The molecular weight excluding hydrogens is 238 g/mol. The molecule has 1 N–H and O–H groups in total. The van der Waals surface area contributed by atoms with Gasteiger partial charge in [-0.1, -0.05) is 57.6 Å². The molecule has 1 rings (SSSR count). The molecule has 19 heavy (non-hydrogen) atoms. The first-order valence-corrected chi connectivity index (χ1v) is 7.72. The molecule has 0 aromatic heterocycles. The Hall–Kier alpha value is -1.12. The maximum Gasteiger partial charge on any atom is 0.230 e. The van der Waals surface area contributed by atoms with Gasteiger partial charge in [-0.15, -0.1) is 0 Å². The van der Waals surface area contributed by atoms with E-state index in [9.17, 15) is 9.59 Å². The Labute approximate surface area is 116 Å². The van der Waals surface area contributed by atoms with E-state index in [-0.39, 0.29) is 17.7 Å². The maximum absolute atomic E-state index is 11.3. The standard InChI is InChI=1S/C16H27NO2/c1-2-3-4-5-6-7-8-9-10-11-12-14-13-15(18)17-16(14)19/h10-11,14H,2-9,12-13H2,1H3,(H,17,18,19)/b11-10+. The second-order valence-corrected chi connectivity index (χ2v) is 5.43. The van der Waals surface area contributed by atoms with Gasteiger partial charge in [-0.05, 0) is 19.3 Å². The van der Waals surface area contributed by atoms with Crippen molar-refractivity contribution >= 4 is 11.8 Å². The quantitative estimate of drug-likeness (QED) is 0.371. The maximum atomic E-state index is 11.3. The first kappa shape index (κ1) is 15.9. The van der Waals surface area contributed by atoms with Gasteiger partial charge in [0.1, 0.15) is 0 Å². The number of allylic oxidation sites excluding steroid dienone is 2. The molecule has 1 atom stereocenters. The zero-order chi connectivity index (χ0) is 13.9. The van der Waals surface area contributed by atoms with Crippen molar-refractivity contribution < 1.29 is 9.59 Å². The zero-order valence-corrected chi connectivity index (χ0v) is 12.1. The molecule has 0 aliphatic carbocycles. The molecule has 0 radical (unpaired) electrons. The predicted octanol–water partition coefficient (Wildman–Crippen LogP) is 3.74. The molecule has 0 bridgehead atoms. The van der Waals surface area contributed by atoms with E-state index in [1.54, 1.807) is 0 Å². The highest BCUT2D eigenvalue weighted by molar-refractivity contribution is 6.03. The Balaban J connectivity index is 1.93. The van der Waals surface area contributed by atoms with Crippen molar-refractivity contribution in [3.63, 3.8) is 0 Å². The number of hydrogen-bond acceptors (Lipinski definition) is 2. The monoisotopic (exact) mass is 265 g/mol. The minimum absolute atomic E-state index is 0.106.